The molecule has 0 fully saturated rings. The van der Waals surface area contributed by atoms with E-state index in [0.717, 1.165) is 12.1 Å². The maximum atomic E-state index is 13.0. The van der Waals surface area contributed by atoms with Gasteiger partial charge in [0, 0.05) is 0 Å². The largest absolute Gasteiger partial charge is 0.478 e. The van der Waals surface area contributed by atoms with Gasteiger partial charge in [0.25, 0.3) is 0 Å². The van der Waals surface area contributed by atoms with Crippen molar-refractivity contribution in [3.8, 4) is 0 Å². The van der Waals surface area contributed by atoms with Crippen molar-refractivity contribution in [2.45, 2.75) is 6.92 Å². The summed E-state index contributed by atoms with van der Waals surface area (Å²) < 4.78 is 30.6. The molecular weight excluding hydrogens is 176 g/mol. The van der Waals surface area contributed by atoms with Crippen molar-refractivity contribution >= 4 is 5.90 Å². The summed E-state index contributed by atoms with van der Waals surface area (Å²) in [4.78, 5) is 0. The van der Waals surface area contributed by atoms with E-state index >= 15 is 0 Å². The van der Waals surface area contributed by atoms with Crippen LogP contribution in [-0.4, -0.2) is 12.5 Å². The summed E-state index contributed by atoms with van der Waals surface area (Å²) in [6.45, 7) is 1.86. The number of hydrogen-bond acceptors (Lipinski definition) is 2. The fraction of sp³-hybridized carbons (Fsp3) is 0.222. The van der Waals surface area contributed by atoms with E-state index in [0.29, 0.717) is 0 Å². The van der Waals surface area contributed by atoms with Gasteiger partial charge in [0.1, 0.15) is 17.2 Å². The fourth-order valence-electron chi connectivity index (χ4n) is 0.931. The van der Waals surface area contributed by atoms with Gasteiger partial charge in [0.2, 0.25) is 5.90 Å². The van der Waals surface area contributed by atoms with Gasteiger partial charge in [-0.05, 0) is 19.1 Å². The van der Waals surface area contributed by atoms with E-state index in [1.807, 2.05) is 0 Å². The summed E-state index contributed by atoms with van der Waals surface area (Å²) in [5.41, 5.74) is -0.413. The molecule has 0 amide bonds. The fourth-order valence-corrected chi connectivity index (χ4v) is 0.931. The molecular formula is C9H9F2NO. The Labute approximate surface area is 74.7 Å². The molecule has 0 aliphatic rings. The minimum Gasteiger partial charge on any atom is -0.478 e. The number of ether oxygens (including phenoxy) is 1. The molecule has 0 aliphatic carbocycles. The first-order valence-corrected chi connectivity index (χ1v) is 3.82. The van der Waals surface area contributed by atoms with Crippen LogP contribution in [0.2, 0.25) is 0 Å². The van der Waals surface area contributed by atoms with E-state index in [-0.39, 0.29) is 6.61 Å². The third-order valence-electron chi connectivity index (χ3n) is 1.48. The standard InChI is InChI=1S/C9H9F2NO/c1-2-13-9(12)8-6(10)4-3-5-7(8)11/h3-5,12H,2H2,1H3. The van der Waals surface area contributed by atoms with Crippen molar-refractivity contribution in [1.29, 1.82) is 5.41 Å². The zero-order valence-electron chi connectivity index (χ0n) is 7.10. The Morgan fingerprint density at radius 2 is 1.92 bits per heavy atom. The summed E-state index contributed by atoms with van der Waals surface area (Å²) in [6, 6.07) is 3.42. The molecule has 0 heterocycles. The van der Waals surface area contributed by atoms with Gasteiger partial charge >= 0.3 is 0 Å². The second-order valence-corrected chi connectivity index (χ2v) is 2.36. The van der Waals surface area contributed by atoms with Crippen LogP contribution >= 0.6 is 0 Å². The Morgan fingerprint density at radius 1 is 1.38 bits per heavy atom. The van der Waals surface area contributed by atoms with Crippen molar-refractivity contribution in [2.75, 3.05) is 6.61 Å². The van der Waals surface area contributed by atoms with Crippen LogP contribution in [0, 0.1) is 17.0 Å². The lowest BCUT2D eigenvalue weighted by Crippen LogP contribution is -2.09. The van der Waals surface area contributed by atoms with Crippen LogP contribution in [0.15, 0.2) is 18.2 Å². The normalized spacial score (nSPS) is 9.77. The topological polar surface area (TPSA) is 33.1 Å². The third-order valence-corrected chi connectivity index (χ3v) is 1.48. The van der Waals surface area contributed by atoms with Crippen LogP contribution in [0.4, 0.5) is 8.78 Å². The lowest BCUT2D eigenvalue weighted by molar-refractivity contribution is 0.322. The van der Waals surface area contributed by atoms with Crippen LogP contribution in [0.5, 0.6) is 0 Å². The Hall–Kier alpha value is -1.45. The van der Waals surface area contributed by atoms with Gasteiger partial charge in [-0.25, -0.2) is 8.78 Å². The highest BCUT2D eigenvalue weighted by molar-refractivity contribution is 5.92. The number of halogens is 2. The zero-order chi connectivity index (χ0) is 9.84. The van der Waals surface area contributed by atoms with Gasteiger partial charge in [-0.1, -0.05) is 6.07 Å². The third kappa shape index (κ3) is 2.02. The monoisotopic (exact) mass is 185 g/mol. The minimum atomic E-state index is -0.779. The number of hydrogen-bond donors (Lipinski definition) is 1. The molecule has 0 saturated carbocycles. The van der Waals surface area contributed by atoms with E-state index in [9.17, 15) is 8.78 Å². The number of nitrogens with one attached hydrogen (secondary N) is 1. The van der Waals surface area contributed by atoms with E-state index in [2.05, 4.69) is 0 Å². The Morgan fingerprint density at radius 3 is 2.38 bits per heavy atom. The maximum Gasteiger partial charge on any atom is 0.219 e. The second kappa shape index (κ2) is 3.98. The molecule has 0 radical (unpaired) electrons. The highest BCUT2D eigenvalue weighted by Gasteiger charge is 2.13. The van der Waals surface area contributed by atoms with Gasteiger partial charge in [0.05, 0.1) is 6.61 Å². The molecule has 0 spiro atoms. The van der Waals surface area contributed by atoms with Gasteiger partial charge in [-0.2, -0.15) is 0 Å². The zero-order valence-corrected chi connectivity index (χ0v) is 7.10. The van der Waals surface area contributed by atoms with Gasteiger partial charge in [-0.3, -0.25) is 5.41 Å². The quantitative estimate of drug-likeness (QED) is 0.556. The molecule has 0 bridgehead atoms. The molecule has 1 rings (SSSR count). The van der Waals surface area contributed by atoms with Crippen LogP contribution in [0.3, 0.4) is 0 Å². The summed E-state index contributed by atoms with van der Waals surface area (Å²) >= 11 is 0. The van der Waals surface area contributed by atoms with Crippen LogP contribution in [0.25, 0.3) is 0 Å². The Kier molecular flexibility index (Phi) is 2.95. The van der Waals surface area contributed by atoms with Crippen molar-refractivity contribution < 1.29 is 13.5 Å². The highest BCUT2D eigenvalue weighted by atomic mass is 19.1. The predicted octanol–water partition coefficient (Wildman–Crippen LogP) is 2.33. The van der Waals surface area contributed by atoms with Gasteiger partial charge < -0.3 is 4.74 Å². The summed E-state index contributed by atoms with van der Waals surface area (Å²) in [7, 11) is 0. The SMILES string of the molecule is CCOC(=N)c1c(F)cccc1F. The van der Waals surface area contributed by atoms with E-state index in [1.54, 1.807) is 6.92 Å². The molecule has 0 aromatic heterocycles. The molecule has 1 aromatic rings. The van der Waals surface area contributed by atoms with Gasteiger partial charge in [-0.15, -0.1) is 0 Å². The van der Waals surface area contributed by atoms with Crippen molar-refractivity contribution in [1.82, 2.24) is 0 Å². The Bertz CT molecular complexity index is 305. The molecule has 1 N–H and O–H groups in total. The second-order valence-electron chi connectivity index (χ2n) is 2.36. The predicted molar refractivity (Wildman–Crippen MR) is 44.8 cm³/mol. The summed E-state index contributed by atoms with van der Waals surface area (Å²) in [6.07, 6.45) is 0. The number of rotatable bonds is 2. The molecule has 0 atom stereocenters. The molecule has 0 saturated heterocycles. The lowest BCUT2D eigenvalue weighted by atomic mass is 10.2. The molecule has 1 aromatic carbocycles. The highest BCUT2D eigenvalue weighted by Crippen LogP contribution is 2.12. The van der Waals surface area contributed by atoms with Crippen molar-refractivity contribution in [3.63, 3.8) is 0 Å². The van der Waals surface area contributed by atoms with Crippen molar-refractivity contribution in [3.05, 3.63) is 35.4 Å². The van der Waals surface area contributed by atoms with Crippen LogP contribution < -0.4 is 0 Å². The average Bonchev–Trinajstić information content (AvgIpc) is 2.04. The molecule has 0 aliphatic heterocycles. The van der Waals surface area contributed by atoms with E-state index < -0.39 is 23.1 Å². The van der Waals surface area contributed by atoms with E-state index in [1.165, 1.54) is 6.07 Å². The first-order chi connectivity index (χ1) is 6.16. The molecule has 4 heteroatoms. The molecule has 2 nitrogen and oxygen atoms in total. The van der Waals surface area contributed by atoms with Crippen molar-refractivity contribution in [2.24, 2.45) is 0 Å². The Balaban J connectivity index is 3.05. The molecule has 13 heavy (non-hydrogen) atoms. The average molecular weight is 185 g/mol. The maximum absolute atomic E-state index is 13.0. The number of benzene rings is 1. The van der Waals surface area contributed by atoms with E-state index in [4.69, 9.17) is 10.1 Å². The van der Waals surface area contributed by atoms with Crippen LogP contribution in [-0.2, 0) is 4.74 Å². The smallest absolute Gasteiger partial charge is 0.219 e. The first-order valence-electron chi connectivity index (χ1n) is 3.82. The summed E-state index contributed by atoms with van der Waals surface area (Å²) in [5, 5.41) is 7.21. The molecule has 70 valence electrons. The minimum absolute atomic E-state index is 0.215. The molecule has 0 unspecified atom stereocenters. The van der Waals surface area contributed by atoms with Gasteiger partial charge in [0.15, 0.2) is 0 Å². The van der Waals surface area contributed by atoms with Crippen LogP contribution in [0.1, 0.15) is 12.5 Å². The summed E-state index contributed by atoms with van der Waals surface area (Å²) in [5.74, 6) is -2.03. The lowest BCUT2D eigenvalue weighted by Gasteiger charge is -2.06. The first kappa shape index (κ1) is 9.64.